The number of carbonyl (C=O) groups is 1. The molecule has 1 aliphatic heterocycles. The normalized spacial score (nSPS) is 14.8. The summed E-state index contributed by atoms with van der Waals surface area (Å²) >= 11 is 0. The maximum Gasteiger partial charge on any atom is 0.274 e. The van der Waals surface area contributed by atoms with Crippen molar-refractivity contribution in [3.63, 3.8) is 0 Å². The van der Waals surface area contributed by atoms with Crippen molar-refractivity contribution in [2.45, 2.75) is 64.8 Å². The van der Waals surface area contributed by atoms with Crippen molar-refractivity contribution in [3.05, 3.63) is 70.9 Å². The van der Waals surface area contributed by atoms with Gasteiger partial charge in [-0.3, -0.25) is 4.79 Å². The zero-order valence-corrected chi connectivity index (χ0v) is 29.5. The molecule has 0 spiro atoms. The smallest absolute Gasteiger partial charge is 0.274 e. The number of H-pyrrole nitrogens is 1. The fourth-order valence-corrected chi connectivity index (χ4v) is 6.96. The van der Waals surface area contributed by atoms with Gasteiger partial charge in [0, 0.05) is 30.5 Å². The van der Waals surface area contributed by atoms with Crippen LogP contribution in [-0.2, 0) is 17.5 Å². The van der Waals surface area contributed by atoms with Crippen molar-refractivity contribution in [2.24, 2.45) is 0 Å². The molecule has 1 atom stereocenters. The van der Waals surface area contributed by atoms with E-state index in [1.54, 1.807) is 21.3 Å². The molecule has 2 heterocycles. The molecule has 0 aliphatic carbocycles. The molecule has 1 aliphatic rings. The van der Waals surface area contributed by atoms with Gasteiger partial charge in [-0.2, -0.15) is 0 Å². The van der Waals surface area contributed by atoms with E-state index in [4.69, 9.17) is 29.1 Å². The largest absolute Gasteiger partial charge is 0.493 e. The van der Waals surface area contributed by atoms with Gasteiger partial charge in [0.1, 0.15) is 18.1 Å². The monoisotopic (exact) mass is 645 g/mol. The van der Waals surface area contributed by atoms with Gasteiger partial charge < -0.3 is 39.0 Å². The molecule has 0 unspecified atom stereocenters. The van der Waals surface area contributed by atoms with Gasteiger partial charge in [-0.25, -0.2) is 0 Å². The van der Waals surface area contributed by atoms with E-state index in [0.29, 0.717) is 66.1 Å². The molecule has 0 fully saturated rings. The number of hydrogen-bond acceptors (Lipinski definition) is 7. The zero-order valence-electron chi connectivity index (χ0n) is 28.5. The topological polar surface area (TPSA) is 108 Å². The number of amides is 1. The Morgan fingerprint density at radius 2 is 1.70 bits per heavy atom. The predicted octanol–water partition coefficient (Wildman–Crippen LogP) is 7.68. The molecule has 5 rings (SSSR count). The van der Waals surface area contributed by atoms with E-state index in [-0.39, 0.29) is 16.9 Å². The van der Waals surface area contributed by atoms with Crippen LogP contribution in [0.1, 0.15) is 60.8 Å². The molecule has 0 radical (unpaired) electrons. The summed E-state index contributed by atoms with van der Waals surface area (Å²) < 4.78 is 29.9. The lowest BCUT2D eigenvalue weighted by molar-refractivity contribution is 0.0983. The van der Waals surface area contributed by atoms with Crippen molar-refractivity contribution >= 4 is 36.5 Å². The van der Waals surface area contributed by atoms with E-state index < -0.39 is 8.32 Å². The molecule has 246 valence electrons. The number of rotatable bonds is 11. The fraction of sp³-hybridized carbons (Fsp3) is 0.417. The van der Waals surface area contributed by atoms with Crippen LogP contribution in [-0.4, -0.2) is 53.7 Å². The van der Waals surface area contributed by atoms with E-state index in [2.05, 4.69) is 45.8 Å². The molecule has 3 N–H and O–H groups in total. The third-order valence-electron chi connectivity index (χ3n) is 9.50. The molecule has 9 nitrogen and oxygen atoms in total. The summed E-state index contributed by atoms with van der Waals surface area (Å²) in [5, 5.41) is 0.825. The Kier molecular flexibility index (Phi) is 9.33. The standard InChI is InChI=1S/C36H47N3O6Si/c1-10-25-30-24(21-45-46(8,9)36(2,3)4)19-39(27(30)18-28(31(25)37)44-20-22-14-12-11-13-15-22)35(40)26-16-23-17-29(41-5)33(42-6)34(43-7)32(23)38-26/h11-18,24,38H,10,19-21,37H2,1-9H3/t24-/m0/s1. The summed E-state index contributed by atoms with van der Waals surface area (Å²) in [6, 6.07) is 15.6. The van der Waals surface area contributed by atoms with Crippen molar-refractivity contribution < 1.29 is 28.2 Å². The second-order valence-electron chi connectivity index (χ2n) is 13.3. The van der Waals surface area contributed by atoms with Gasteiger partial charge in [-0.15, -0.1) is 0 Å². The Morgan fingerprint density at radius 1 is 1.00 bits per heavy atom. The third kappa shape index (κ3) is 6.03. The maximum absolute atomic E-state index is 14.5. The third-order valence-corrected chi connectivity index (χ3v) is 14.0. The highest BCUT2D eigenvalue weighted by Gasteiger charge is 2.41. The second-order valence-corrected chi connectivity index (χ2v) is 18.1. The summed E-state index contributed by atoms with van der Waals surface area (Å²) in [6.45, 7) is 14.6. The number of methoxy groups -OCH3 is 3. The minimum Gasteiger partial charge on any atom is -0.493 e. The summed E-state index contributed by atoms with van der Waals surface area (Å²) in [7, 11) is 2.63. The molecular weight excluding hydrogens is 598 g/mol. The maximum atomic E-state index is 14.5. The number of hydrogen-bond donors (Lipinski definition) is 2. The van der Waals surface area contributed by atoms with Crippen molar-refractivity contribution in [1.82, 2.24) is 4.98 Å². The number of aromatic nitrogens is 1. The highest BCUT2D eigenvalue weighted by Crippen LogP contribution is 2.48. The summed E-state index contributed by atoms with van der Waals surface area (Å²) in [5.74, 6) is 1.78. The van der Waals surface area contributed by atoms with Crippen LogP contribution in [0.25, 0.3) is 10.9 Å². The molecule has 0 saturated carbocycles. The van der Waals surface area contributed by atoms with E-state index in [9.17, 15) is 4.79 Å². The summed E-state index contributed by atoms with van der Waals surface area (Å²) in [4.78, 5) is 19.6. The lowest BCUT2D eigenvalue weighted by Gasteiger charge is -2.37. The molecule has 46 heavy (non-hydrogen) atoms. The molecule has 0 saturated heterocycles. The number of anilines is 2. The first-order valence-corrected chi connectivity index (χ1v) is 18.6. The molecule has 1 aromatic heterocycles. The molecular formula is C36H47N3O6Si. The number of nitrogens with zero attached hydrogens (tertiary/aromatic N) is 1. The number of ether oxygens (including phenoxy) is 4. The lowest BCUT2D eigenvalue weighted by Crippen LogP contribution is -2.42. The number of nitrogen functional groups attached to an aromatic ring is 1. The van der Waals surface area contributed by atoms with Crippen molar-refractivity contribution in [2.75, 3.05) is 45.1 Å². The zero-order chi connectivity index (χ0) is 33.4. The summed E-state index contributed by atoms with van der Waals surface area (Å²) in [6.07, 6.45) is 0.693. The average Bonchev–Trinajstić information content (AvgIpc) is 3.63. The molecule has 3 aromatic carbocycles. The fourth-order valence-electron chi connectivity index (χ4n) is 5.91. The van der Waals surface area contributed by atoms with Crippen LogP contribution in [0.15, 0.2) is 48.5 Å². The number of benzene rings is 3. The second kappa shape index (κ2) is 12.9. The predicted molar refractivity (Wildman–Crippen MR) is 187 cm³/mol. The van der Waals surface area contributed by atoms with Gasteiger partial charge in [0.15, 0.2) is 19.8 Å². The highest BCUT2D eigenvalue weighted by molar-refractivity contribution is 6.74. The Bertz CT molecular complexity index is 1730. The Balaban J connectivity index is 1.59. The lowest BCUT2D eigenvalue weighted by atomic mass is 9.93. The van der Waals surface area contributed by atoms with Crippen LogP contribution in [0.4, 0.5) is 11.4 Å². The summed E-state index contributed by atoms with van der Waals surface area (Å²) in [5.41, 5.74) is 12.4. The Labute approximate surface area is 273 Å². The quantitative estimate of drug-likeness (QED) is 0.127. The average molecular weight is 646 g/mol. The van der Waals surface area contributed by atoms with Crippen LogP contribution in [0.5, 0.6) is 23.0 Å². The Hall–Kier alpha value is -4.15. The number of carbonyl (C=O) groups excluding carboxylic acids is 1. The first kappa shape index (κ1) is 33.2. The van der Waals surface area contributed by atoms with Gasteiger partial charge in [0.05, 0.1) is 38.2 Å². The van der Waals surface area contributed by atoms with Crippen LogP contribution >= 0.6 is 0 Å². The van der Waals surface area contributed by atoms with Gasteiger partial charge in [-0.05, 0) is 53.4 Å². The first-order chi connectivity index (χ1) is 21.8. The highest BCUT2D eigenvalue weighted by atomic mass is 28.4. The molecule has 10 heteroatoms. The minimum atomic E-state index is -2.06. The van der Waals surface area contributed by atoms with Crippen molar-refractivity contribution in [3.8, 4) is 23.0 Å². The van der Waals surface area contributed by atoms with Gasteiger partial charge in [0.25, 0.3) is 5.91 Å². The van der Waals surface area contributed by atoms with Gasteiger partial charge >= 0.3 is 0 Å². The van der Waals surface area contributed by atoms with E-state index >= 15 is 0 Å². The Morgan fingerprint density at radius 3 is 2.30 bits per heavy atom. The van der Waals surface area contributed by atoms with E-state index in [1.165, 1.54) is 0 Å². The minimum absolute atomic E-state index is 0.0485. The number of fused-ring (bicyclic) bond motifs is 2. The SMILES string of the molecule is CCc1c(N)c(OCc2ccccc2)cc2c1[C@H](CO[Si](C)(C)C(C)(C)C)CN2C(=O)c1cc2cc(OC)c(OC)c(OC)c2[nH]1. The van der Waals surface area contributed by atoms with Crippen LogP contribution in [0.2, 0.25) is 18.1 Å². The molecule has 1 amide bonds. The van der Waals surface area contributed by atoms with Gasteiger partial charge in [-0.1, -0.05) is 58.0 Å². The van der Waals surface area contributed by atoms with E-state index in [1.807, 2.05) is 53.4 Å². The van der Waals surface area contributed by atoms with Crippen LogP contribution in [0, 0.1) is 0 Å². The van der Waals surface area contributed by atoms with Crippen molar-refractivity contribution in [1.29, 1.82) is 0 Å². The number of nitrogens with one attached hydrogen (secondary N) is 1. The molecule has 4 aromatic rings. The number of aromatic amines is 1. The van der Waals surface area contributed by atoms with Gasteiger partial charge in [0.2, 0.25) is 5.75 Å². The van der Waals surface area contributed by atoms with E-state index in [0.717, 1.165) is 27.8 Å². The van der Waals surface area contributed by atoms with Crippen LogP contribution in [0.3, 0.4) is 0 Å². The first-order valence-electron chi connectivity index (χ1n) is 15.7. The van der Waals surface area contributed by atoms with Crippen LogP contribution < -0.4 is 29.6 Å². The number of nitrogens with two attached hydrogens (primary N) is 1. The molecule has 0 bridgehead atoms.